The van der Waals surface area contributed by atoms with E-state index in [-0.39, 0.29) is 6.61 Å². The fourth-order valence-corrected chi connectivity index (χ4v) is 1.20. The summed E-state index contributed by atoms with van der Waals surface area (Å²) < 4.78 is 42.4. The van der Waals surface area contributed by atoms with E-state index in [2.05, 4.69) is 4.98 Å². The molecule has 1 rings (SSSR count). The third kappa shape index (κ3) is 4.40. The summed E-state index contributed by atoms with van der Waals surface area (Å²) >= 11 is 0. The first kappa shape index (κ1) is 15.2. The molecule has 0 fully saturated rings. The van der Waals surface area contributed by atoms with Crippen LogP contribution < -0.4 is 4.74 Å². The number of carboxylic acids is 1. The van der Waals surface area contributed by atoms with Gasteiger partial charge < -0.3 is 14.7 Å². The maximum atomic E-state index is 12.5. The van der Waals surface area contributed by atoms with Gasteiger partial charge in [-0.15, -0.1) is 0 Å². The van der Waals surface area contributed by atoms with Gasteiger partial charge >= 0.3 is 12.1 Å². The Kier molecular flexibility index (Phi) is 4.71. The summed E-state index contributed by atoms with van der Waals surface area (Å²) in [5.74, 6) is -1.91. The fraction of sp³-hybridized carbons (Fsp3) is 0.455. The molecule has 0 radical (unpaired) electrons. The molecule has 1 aromatic heterocycles. The van der Waals surface area contributed by atoms with Crippen molar-refractivity contribution in [1.29, 1.82) is 0 Å². The Hall–Kier alpha value is -1.83. The van der Waals surface area contributed by atoms with Gasteiger partial charge in [-0.05, 0) is 26.2 Å². The Balaban J connectivity index is 2.99. The van der Waals surface area contributed by atoms with E-state index in [1.807, 2.05) is 0 Å². The molecular weight excluding hydrogens is 265 g/mol. The molecule has 5 nitrogen and oxygen atoms in total. The van der Waals surface area contributed by atoms with Crippen LogP contribution >= 0.6 is 0 Å². The number of rotatable bonds is 5. The minimum atomic E-state index is -4.64. The molecule has 0 amide bonds. The summed E-state index contributed by atoms with van der Waals surface area (Å²) in [6, 6.07) is 1.45. The number of nitrogens with zero attached hydrogens (tertiary/aromatic N) is 2. The van der Waals surface area contributed by atoms with E-state index in [9.17, 15) is 18.0 Å². The smallest absolute Gasteiger partial charge is 0.433 e. The van der Waals surface area contributed by atoms with E-state index in [1.54, 1.807) is 19.0 Å². The van der Waals surface area contributed by atoms with Crippen LogP contribution in [0.1, 0.15) is 16.1 Å². The van der Waals surface area contributed by atoms with Gasteiger partial charge in [0.25, 0.3) is 0 Å². The number of hydrogen-bond acceptors (Lipinski definition) is 4. The van der Waals surface area contributed by atoms with Gasteiger partial charge in [-0.3, -0.25) is 0 Å². The molecule has 1 heterocycles. The molecule has 19 heavy (non-hydrogen) atoms. The zero-order valence-electron chi connectivity index (χ0n) is 10.4. The standard InChI is InChI=1S/C11H13F3N2O3/c1-16(2)5-6-19-9-7(10(17)18)3-4-8(15-9)11(12,13)14/h3-4H,5-6H2,1-2H3,(H,17,18). The highest BCUT2D eigenvalue weighted by Gasteiger charge is 2.33. The Bertz CT molecular complexity index is 461. The first-order valence-electron chi connectivity index (χ1n) is 5.31. The van der Waals surface area contributed by atoms with Gasteiger partial charge in [-0.1, -0.05) is 0 Å². The maximum Gasteiger partial charge on any atom is 0.433 e. The number of aromatic carboxylic acids is 1. The second-order valence-electron chi connectivity index (χ2n) is 4.00. The van der Waals surface area contributed by atoms with Gasteiger partial charge in [0.15, 0.2) is 0 Å². The summed E-state index contributed by atoms with van der Waals surface area (Å²) in [6.45, 7) is 0.471. The zero-order chi connectivity index (χ0) is 14.6. The van der Waals surface area contributed by atoms with Crippen LogP contribution in [0, 0.1) is 0 Å². The van der Waals surface area contributed by atoms with Crippen LogP contribution in [0.5, 0.6) is 5.88 Å². The molecule has 0 bridgehead atoms. The number of ether oxygens (including phenoxy) is 1. The van der Waals surface area contributed by atoms with E-state index >= 15 is 0 Å². The van der Waals surface area contributed by atoms with E-state index < -0.39 is 29.3 Å². The quantitative estimate of drug-likeness (QED) is 0.888. The van der Waals surface area contributed by atoms with Gasteiger partial charge in [0, 0.05) is 6.54 Å². The Labute approximate surface area is 107 Å². The van der Waals surface area contributed by atoms with Gasteiger partial charge in [-0.2, -0.15) is 13.2 Å². The van der Waals surface area contributed by atoms with Crippen LogP contribution in [-0.2, 0) is 6.18 Å². The average molecular weight is 278 g/mol. The number of aromatic nitrogens is 1. The van der Waals surface area contributed by atoms with Gasteiger partial charge in [0.1, 0.15) is 17.9 Å². The van der Waals surface area contributed by atoms with E-state index in [0.29, 0.717) is 12.6 Å². The largest absolute Gasteiger partial charge is 0.477 e. The molecule has 1 aromatic rings. The van der Waals surface area contributed by atoms with Gasteiger partial charge in [0.05, 0.1) is 0 Å². The molecule has 0 saturated carbocycles. The van der Waals surface area contributed by atoms with Crippen molar-refractivity contribution in [3.8, 4) is 5.88 Å². The number of pyridine rings is 1. The van der Waals surface area contributed by atoms with Crippen molar-refractivity contribution < 1.29 is 27.8 Å². The first-order valence-corrected chi connectivity index (χ1v) is 5.31. The minimum absolute atomic E-state index is 0.0432. The van der Waals surface area contributed by atoms with E-state index in [0.717, 1.165) is 6.07 Å². The van der Waals surface area contributed by atoms with Crippen LogP contribution in [0.25, 0.3) is 0 Å². The molecule has 0 aromatic carbocycles. The molecule has 0 unspecified atom stereocenters. The molecule has 8 heteroatoms. The molecule has 0 aliphatic heterocycles. The monoisotopic (exact) mass is 278 g/mol. The summed E-state index contributed by atoms with van der Waals surface area (Å²) in [6.07, 6.45) is -4.64. The van der Waals surface area contributed by atoms with Crippen molar-refractivity contribution in [2.45, 2.75) is 6.18 Å². The van der Waals surface area contributed by atoms with Crippen molar-refractivity contribution in [2.75, 3.05) is 27.2 Å². The normalized spacial score (nSPS) is 11.7. The zero-order valence-corrected chi connectivity index (χ0v) is 10.4. The lowest BCUT2D eigenvalue weighted by Gasteiger charge is -2.13. The van der Waals surface area contributed by atoms with Crippen molar-refractivity contribution in [3.05, 3.63) is 23.4 Å². The number of halogens is 3. The molecule has 0 aliphatic carbocycles. The number of carbonyl (C=O) groups is 1. The number of hydrogen-bond donors (Lipinski definition) is 1. The summed E-state index contributed by atoms with van der Waals surface area (Å²) in [7, 11) is 3.50. The molecule has 106 valence electrons. The van der Waals surface area contributed by atoms with Crippen LogP contribution in [0.2, 0.25) is 0 Å². The lowest BCUT2D eigenvalue weighted by atomic mass is 10.2. The third-order valence-corrected chi connectivity index (χ3v) is 2.16. The topological polar surface area (TPSA) is 62.7 Å². The highest BCUT2D eigenvalue weighted by Crippen LogP contribution is 2.30. The third-order valence-electron chi connectivity index (χ3n) is 2.16. The lowest BCUT2D eigenvalue weighted by molar-refractivity contribution is -0.141. The van der Waals surface area contributed by atoms with E-state index in [1.165, 1.54) is 0 Å². The van der Waals surface area contributed by atoms with Gasteiger partial charge in [-0.25, -0.2) is 9.78 Å². The lowest BCUT2D eigenvalue weighted by Crippen LogP contribution is -2.21. The van der Waals surface area contributed by atoms with Crippen molar-refractivity contribution >= 4 is 5.97 Å². The molecule has 0 aliphatic rings. The second-order valence-corrected chi connectivity index (χ2v) is 4.00. The van der Waals surface area contributed by atoms with Gasteiger partial charge in [0.2, 0.25) is 5.88 Å². The highest BCUT2D eigenvalue weighted by atomic mass is 19.4. The van der Waals surface area contributed by atoms with E-state index in [4.69, 9.17) is 9.84 Å². The number of likely N-dealkylation sites (N-methyl/N-ethyl adjacent to an activating group) is 1. The minimum Gasteiger partial charge on any atom is -0.477 e. The van der Waals surface area contributed by atoms with Crippen LogP contribution in [-0.4, -0.2) is 48.2 Å². The van der Waals surface area contributed by atoms with Crippen LogP contribution in [0.4, 0.5) is 13.2 Å². The van der Waals surface area contributed by atoms with Crippen LogP contribution in [0.3, 0.4) is 0 Å². The maximum absolute atomic E-state index is 12.5. The summed E-state index contributed by atoms with van der Waals surface area (Å²) in [4.78, 5) is 15.8. The van der Waals surface area contributed by atoms with Crippen molar-refractivity contribution in [1.82, 2.24) is 9.88 Å². The Morgan fingerprint density at radius 3 is 2.53 bits per heavy atom. The molecule has 0 atom stereocenters. The molecule has 0 spiro atoms. The number of alkyl halides is 3. The summed E-state index contributed by atoms with van der Waals surface area (Å²) in [5, 5.41) is 8.86. The number of carboxylic acid groups (broad SMARTS) is 1. The van der Waals surface area contributed by atoms with Crippen molar-refractivity contribution in [2.24, 2.45) is 0 Å². The van der Waals surface area contributed by atoms with Crippen LogP contribution in [0.15, 0.2) is 12.1 Å². The predicted molar refractivity (Wildman–Crippen MR) is 60.2 cm³/mol. The first-order chi connectivity index (χ1) is 8.71. The fourth-order valence-electron chi connectivity index (χ4n) is 1.20. The molecule has 1 N–H and O–H groups in total. The Morgan fingerprint density at radius 1 is 1.42 bits per heavy atom. The van der Waals surface area contributed by atoms with Crippen molar-refractivity contribution in [3.63, 3.8) is 0 Å². The SMILES string of the molecule is CN(C)CCOc1nc(C(F)(F)F)ccc1C(=O)O. The highest BCUT2D eigenvalue weighted by molar-refractivity contribution is 5.90. The Morgan fingerprint density at radius 2 is 2.05 bits per heavy atom. The molecular formula is C11H13F3N2O3. The second kappa shape index (κ2) is 5.87. The average Bonchev–Trinajstić information content (AvgIpc) is 2.26. The predicted octanol–water partition coefficient (Wildman–Crippen LogP) is 1.74. The summed E-state index contributed by atoms with van der Waals surface area (Å²) in [5.41, 5.74) is -1.58. The molecule has 0 saturated heterocycles.